The highest BCUT2D eigenvalue weighted by Crippen LogP contribution is 2.23. The molecule has 19 heavy (non-hydrogen) atoms. The molecule has 0 spiro atoms. The van der Waals surface area contributed by atoms with Crippen molar-refractivity contribution in [1.29, 1.82) is 0 Å². The highest BCUT2D eigenvalue weighted by molar-refractivity contribution is 7.89. The van der Waals surface area contributed by atoms with Gasteiger partial charge < -0.3 is 4.74 Å². The van der Waals surface area contributed by atoms with Gasteiger partial charge in [0, 0.05) is 24.8 Å². The summed E-state index contributed by atoms with van der Waals surface area (Å²) in [6, 6.07) is 4.92. The SMILES string of the molecule is Cc1c(Cl)cccc1S(=O)(=O)NCC1CCOCC1. The zero-order valence-corrected chi connectivity index (χ0v) is 12.4. The molecule has 0 amide bonds. The molecule has 0 bridgehead atoms. The molecule has 6 heteroatoms. The van der Waals surface area contributed by atoms with E-state index in [9.17, 15) is 8.42 Å². The molecule has 1 aromatic rings. The standard InChI is InChI=1S/C13H18ClNO3S/c1-10-12(14)3-2-4-13(10)19(16,17)15-9-11-5-7-18-8-6-11/h2-4,11,15H,5-9H2,1H3. The fourth-order valence-corrected chi connectivity index (χ4v) is 3.75. The molecule has 1 saturated heterocycles. The molecule has 1 aliphatic rings. The van der Waals surface area contributed by atoms with Gasteiger partial charge in [0.05, 0.1) is 4.90 Å². The van der Waals surface area contributed by atoms with E-state index in [0.29, 0.717) is 36.3 Å². The number of rotatable bonds is 4. The minimum absolute atomic E-state index is 0.257. The molecule has 1 aromatic carbocycles. The highest BCUT2D eigenvalue weighted by Gasteiger charge is 2.21. The summed E-state index contributed by atoms with van der Waals surface area (Å²) in [6.07, 6.45) is 1.80. The van der Waals surface area contributed by atoms with E-state index in [4.69, 9.17) is 16.3 Å². The average molecular weight is 304 g/mol. The quantitative estimate of drug-likeness (QED) is 0.929. The van der Waals surface area contributed by atoms with Gasteiger partial charge in [-0.1, -0.05) is 17.7 Å². The first-order valence-corrected chi connectivity index (χ1v) is 8.19. The first-order chi connectivity index (χ1) is 9.00. The Labute approximate surface area is 119 Å². The van der Waals surface area contributed by atoms with E-state index in [1.54, 1.807) is 25.1 Å². The van der Waals surface area contributed by atoms with Crippen molar-refractivity contribution in [3.8, 4) is 0 Å². The third kappa shape index (κ3) is 3.69. The molecule has 4 nitrogen and oxygen atoms in total. The average Bonchev–Trinajstić information content (AvgIpc) is 2.41. The highest BCUT2D eigenvalue weighted by atomic mass is 35.5. The molecule has 1 heterocycles. The number of hydrogen-bond acceptors (Lipinski definition) is 3. The second-order valence-electron chi connectivity index (χ2n) is 4.77. The van der Waals surface area contributed by atoms with Gasteiger partial charge in [-0.3, -0.25) is 0 Å². The van der Waals surface area contributed by atoms with Crippen molar-refractivity contribution in [2.24, 2.45) is 5.92 Å². The molecule has 1 N–H and O–H groups in total. The van der Waals surface area contributed by atoms with E-state index in [1.807, 2.05) is 0 Å². The van der Waals surface area contributed by atoms with Crippen LogP contribution < -0.4 is 4.72 Å². The molecule has 106 valence electrons. The molecular formula is C13H18ClNO3S. The molecule has 0 unspecified atom stereocenters. The number of hydrogen-bond donors (Lipinski definition) is 1. The predicted molar refractivity (Wildman–Crippen MR) is 74.9 cm³/mol. The second-order valence-corrected chi connectivity index (χ2v) is 6.91. The molecule has 1 fully saturated rings. The van der Waals surface area contributed by atoms with Crippen LogP contribution in [0.15, 0.2) is 23.1 Å². The fourth-order valence-electron chi connectivity index (χ4n) is 2.13. The lowest BCUT2D eigenvalue weighted by molar-refractivity contribution is 0.0678. The van der Waals surface area contributed by atoms with Gasteiger partial charge >= 0.3 is 0 Å². The molecule has 1 aliphatic heterocycles. The summed E-state index contributed by atoms with van der Waals surface area (Å²) >= 11 is 5.96. The van der Waals surface area contributed by atoms with E-state index in [0.717, 1.165) is 12.8 Å². The number of halogens is 1. The zero-order chi connectivity index (χ0) is 13.9. The lowest BCUT2D eigenvalue weighted by atomic mass is 10.0. The van der Waals surface area contributed by atoms with Crippen LogP contribution in [-0.2, 0) is 14.8 Å². The summed E-state index contributed by atoms with van der Waals surface area (Å²) in [6.45, 7) is 3.59. The normalized spacial score (nSPS) is 17.6. The lowest BCUT2D eigenvalue weighted by Gasteiger charge is -2.22. The minimum Gasteiger partial charge on any atom is -0.381 e. The van der Waals surface area contributed by atoms with Gasteiger partial charge in [0.1, 0.15) is 0 Å². The van der Waals surface area contributed by atoms with E-state index >= 15 is 0 Å². The molecule has 0 saturated carbocycles. The van der Waals surface area contributed by atoms with Crippen LogP contribution in [0, 0.1) is 12.8 Å². The smallest absolute Gasteiger partial charge is 0.240 e. The van der Waals surface area contributed by atoms with Gasteiger partial charge in [-0.15, -0.1) is 0 Å². The number of benzene rings is 1. The van der Waals surface area contributed by atoms with Gasteiger partial charge in [-0.2, -0.15) is 0 Å². The monoisotopic (exact) mass is 303 g/mol. The Hall–Kier alpha value is -0.620. The maximum absolute atomic E-state index is 12.2. The van der Waals surface area contributed by atoms with Gasteiger partial charge in [-0.25, -0.2) is 13.1 Å². The summed E-state index contributed by atoms with van der Waals surface area (Å²) in [5, 5.41) is 0.467. The Balaban J connectivity index is 2.07. The lowest BCUT2D eigenvalue weighted by Crippen LogP contribution is -2.32. The van der Waals surface area contributed by atoms with E-state index in [2.05, 4.69) is 4.72 Å². The fraction of sp³-hybridized carbons (Fsp3) is 0.538. The Bertz CT molecular complexity index is 539. The van der Waals surface area contributed by atoms with Crippen molar-refractivity contribution in [3.63, 3.8) is 0 Å². The maximum Gasteiger partial charge on any atom is 0.240 e. The van der Waals surface area contributed by atoms with E-state index in [1.165, 1.54) is 0 Å². The summed E-state index contributed by atoms with van der Waals surface area (Å²) < 4.78 is 32.4. The first-order valence-electron chi connectivity index (χ1n) is 6.33. The van der Waals surface area contributed by atoms with Crippen LogP contribution >= 0.6 is 11.6 Å². The Morgan fingerprint density at radius 1 is 1.37 bits per heavy atom. The van der Waals surface area contributed by atoms with Crippen LogP contribution in [-0.4, -0.2) is 28.2 Å². The molecule has 0 radical (unpaired) electrons. The van der Waals surface area contributed by atoms with Gasteiger partial charge in [-0.05, 0) is 43.4 Å². The van der Waals surface area contributed by atoms with Crippen molar-refractivity contribution in [2.75, 3.05) is 19.8 Å². The van der Waals surface area contributed by atoms with Gasteiger partial charge in [0.25, 0.3) is 0 Å². The van der Waals surface area contributed by atoms with E-state index in [-0.39, 0.29) is 4.90 Å². The largest absolute Gasteiger partial charge is 0.381 e. The predicted octanol–water partition coefficient (Wildman–Crippen LogP) is 2.35. The third-order valence-corrected chi connectivity index (χ3v) is 5.39. The molecule has 0 atom stereocenters. The third-order valence-electron chi connectivity index (χ3n) is 3.41. The van der Waals surface area contributed by atoms with Crippen LogP contribution in [0.1, 0.15) is 18.4 Å². The van der Waals surface area contributed by atoms with Crippen LogP contribution in [0.25, 0.3) is 0 Å². The minimum atomic E-state index is -3.49. The van der Waals surface area contributed by atoms with Crippen LogP contribution in [0.4, 0.5) is 0 Å². The van der Waals surface area contributed by atoms with Crippen molar-refractivity contribution in [1.82, 2.24) is 4.72 Å². The van der Waals surface area contributed by atoms with Crippen molar-refractivity contribution in [3.05, 3.63) is 28.8 Å². The van der Waals surface area contributed by atoms with Crippen molar-refractivity contribution < 1.29 is 13.2 Å². The molecular weight excluding hydrogens is 286 g/mol. The van der Waals surface area contributed by atoms with Crippen LogP contribution in [0.5, 0.6) is 0 Å². The topological polar surface area (TPSA) is 55.4 Å². The number of sulfonamides is 1. The summed E-state index contributed by atoms with van der Waals surface area (Å²) in [5.74, 6) is 0.350. The summed E-state index contributed by atoms with van der Waals surface area (Å²) in [7, 11) is -3.49. The van der Waals surface area contributed by atoms with Crippen LogP contribution in [0.2, 0.25) is 5.02 Å². The molecule has 2 rings (SSSR count). The number of ether oxygens (including phenoxy) is 1. The number of nitrogens with one attached hydrogen (secondary N) is 1. The van der Waals surface area contributed by atoms with Gasteiger partial charge in [0.15, 0.2) is 0 Å². The second kappa shape index (κ2) is 6.22. The maximum atomic E-state index is 12.2. The Morgan fingerprint density at radius 2 is 2.05 bits per heavy atom. The van der Waals surface area contributed by atoms with Gasteiger partial charge in [0.2, 0.25) is 10.0 Å². The summed E-state index contributed by atoms with van der Waals surface area (Å²) in [5.41, 5.74) is 0.587. The zero-order valence-electron chi connectivity index (χ0n) is 10.9. The summed E-state index contributed by atoms with van der Waals surface area (Å²) in [4.78, 5) is 0.257. The van der Waals surface area contributed by atoms with Crippen LogP contribution in [0.3, 0.4) is 0 Å². The Kier molecular flexibility index (Phi) is 4.84. The molecule has 0 aromatic heterocycles. The molecule has 0 aliphatic carbocycles. The Morgan fingerprint density at radius 3 is 2.74 bits per heavy atom. The van der Waals surface area contributed by atoms with Crippen molar-refractivity contribution >= 4 is 21.6 Å². The first kappa shape index (κ1) is 14.8. The van der Waals surface area contributed by atoms with Crippen molar-refractivity contribution in [2.45, 2.75) is 24.7 Å². The van der Waals surface area contributed by atoms with E-state index < -0.39 is 10.0 Å².